The van der Waals surface area contributed by atoms with Crippen LogP contribution in [0.3, 0.4) is 0 Å². The minimum atomic E-state index is -0.351. The number of carbonyl (C=O) groups is 1. The van der Waals surface area contributed by atoms with Gasteiger partial charge in [-0.1, -0.05) is 6.07 Å². The van der Waals surface area contributed by atoms with Crippen LogP contribution >= 0.6 is 0 Å². The monoisotopic (exact) mass is 362 g/mol. The number of aromatic nitrogens is 2. The second-order valence-corrected chi connectivity index (χ2v) is 6.11. The summed E-state index contributed by atoms with van der Waals surface area (Å²) in [6.07, 6.45) is 3.20. The highest BCUT2D eigenvalue weighted by atomic mass is 16.7. The molecule has 3 aromatic rings. The molecule has 0 aliphatic carbocycles. The molecule has 7 heteroatoms. The third kappa shape index (κ3) is 3.27. The lowest BCUT2D eigenvalue weighted by atomic mass is 10.2. The maximum atomic E-state index is 12.0. The van der Waals surface area contributed by atoms with Crippen molar-refractivity contribution in [3.8, 4) is 17.2 Å². The zero-order chi connectivity index (χ0) is 18.8. The Bertz CT molecular complexity index is 1030. The Labute approximate surface area is 156 Å². The maximum Gasteiger partial charge on any atom is 0.289 e. The van der Waals surface area contributed by atoms with E-state index in [1.54, 1.807) is 30.6 Å². The molecule has 0 atom stereocenters. The molecule has 3 heterocycles. The van der Waals surface area contributed by atoms with E-state index >= 15 is 0 Å². The molecule has 0 saturated heterocycles. The largest absolute Gasteiger partial charge is 0.454 e. The van der Waals surface area contributed by atoms with Crippen molar-refractivity contribution in [1.82, 2.24) is 15.0 Å². The first-order valence-electron chi connectivity index (χ1n) is 8.47. The van der Waals surface area contributed by atoms with E-state index < -0.39 is 0 Å². The zero-order valence-electron chi connectivity index (χ0n) is 15.0. The van der Waals surface area contributed by atoms with E-state index in [2.05, 4.69) is 20.1 Å². The fourth-order valence-corrected chi connectivity index (χ4v) is 3.05. The van der Waals surface area contributed by atoms with Gasteiger partial charge in [-0.3, -0.25) is 9.78 Å². The number of hydrogen-bond acceptors (Lipinski definition) is 5. The lowest BCUT2D eigenvalue weighted by Crippen LogP contribution is -2.18. The number of nitrogens with zero attached hydrogens (tertiary/aromatic N) is 3. The molecule has 0 bridgehead atoms. The number of rotatable bonds is 4. The van der Waals surface area contributed by atoms with Gasteiger partial charge in [0.2, 0.25) is 6.79 Å². The fraction of sp³-hybridized carbons (Fsp3) is 0.150. The van der Waals surface area contributed by atoms with Crippen LogP contribution in [0, 0.1) is 13.8 Å². The van der Waals surface area contributed by atoms with Crippen molar-refractivity contribution in [2.45, 2.75) is 13.8 Å². The molecule has 0 spiro atoms. The molecule has 0 unspecified atom stereocenters. The zero-order valence-corrected chi connectivity index (χ0v) is 15.0. The molecular formula is C20H18N4O3. The van der Waals surface area contributed by atoms with Crippen molar-refractivity contribution in [2.24, 2.45) is 5.10 Å². The Morgan fingerprint density at radius 1 is 1.19 bits per heavy atom. The number of amides is 1. The Morgan fingerprint density at radius 3 is 2.85 bits per heavy atom. The van der Waals surface area contributed by atoms with Crippen LogP contribution in [0.15, 0.2) is 53.8 Å². The maximum absolute atomic E-state index is 12.0. The highest BCUT2D eigenvalue weighted by Gasteiger charge is 2.16. The number of nitrogens with one attached hydrogen (secondary N) is 1. The van der Waals surface area contributed by atoms with Crippen LogP contribution in [0.25, 0.3) is 5.69 Å². The summed E-state index contributed by atoms with van der Waals surface area (Å²) in [4.78, 5) is 16.0. The highest BCUT2D eigenvalue weighted by molar-refractivity contribution is 5.93. The van der Waals surface area contributed by atoms with Gasteiger partial charge in [0.05, 0.1) is 6.21 Å². The summed E-state index contributed by atoms with van der Waals surface area (Å²) in [6, 6.07) is 13.0. The first-order chi connectivity index (χ1) is 13.1. The van der Waals surface area contributed by atoms with Crippen molar-refractivity contribution in [3.05, 3.63) is 71.3 Å². The second-order valence-electron chi connectivity index (χ2n) is 6.11. The number of ether oxygens (including phenoxy) is 2. The second kappa shape index (κ2) is 6.95. The van der Waals surface area contributed by atoms with Gasteiger partial charge in [0.25, 0.3) is 5.91 Å². The molecule has 7 nitrogen and oxygen atoms in total. The van der Waals surface area contributed by atoms with Gasteiger partial charge in [0.15, 0.2) is 11.5 Å². The minimum absolute atomic E-state index is 0.246. The van der Waals surface area contributed by atoms with Crippen molar-refractivity contribution in [1.29, 1.82) is 0 Å². The first kappa shape index (κ1) is 16.8. The van der Waals surface area contributed by atoms with Crippen molar-refractivity contribution >= 4 is 12.1 Å². The van der Waals surface area contributed by atoms with Crippen LogP contribution in [0.2, 0.25) is 0 Å². The number of hydrazone groups is 1. The van der Waals surface area contributed by atoms with Crippen molar-refractivity contribution in [2.75, 3.05) is 6.79 Å². The molecule has 1 N–H and O–H groups in total. The summed E-state index contributed by atoms with van der Waals surface area (Å²) in [5.74, 6) is 1.13. The third-order valence-electron chi connectivity index (χ3n) is 4.35. The van der Waals surface area contributed by atoms with Crippen LogP contribution in [-0.4, -0.2) is 28.5 Å². The van der Waals surface area contributed by atoms with Gasteiger partial charge < -0.3 is 14.0 Å². The Morgan fingerprint density at radius 2 is 2.04 bits per heavy atom. The Hall–Kier alpha value is -3.61. The van der Waals surface area contributed by atoms with E-state index in [9.17, 15) is 4.79 Å². The van der Waals surface area contributed by atoms with Crippen LogP contribution in [0.5, 0.6) is 11.5 Å². The molecule has 136 valence electrons. The average Bonchev–Trinajstić information content (AvgIpc) is 3.26. The number of aryl methyl sites for hydroxylation is 1. The molecule has 0 saturated carbocycles. The van der Waals surface area contributed by atoms with Gasteiger partial charge >= 0.3 is 0 Å². The standard InChI is InChI=1S/C20H18N4O3/c1-13-9-15(11-22-23-20(25)17-5-3-4-8-21-17)14(2)24(13)16-6-7-18-19(10-16)27-12-26-18/h3-11H,12H2,1-2H3,(H,23,25)/b22-11-. The number of hydrogen-bond donors (Lipinski definition) is 1. The summed E-state index contributed by atoms with van der Waals surface area (Å²) in [5.41, 5.74) is 6.75. The lowest BCUT2D eigenvalue weighted by Gasteiger charge is -2.10. The highest BCUT2D eigenvalue weighted by Crippen LogP contribution is 2.34. The van der Waals surface area contributed by atoms with Crippen LogP contribution in [0.4, 0.5) is 0 Å². The third-order valence-corrected chi connectivity index (χ3v) is 4.35. The number of benzene rings is 1. The molecule has 1 aliphatic rings. The first-order valence-corrected chi connectivity index (χ1v) is 8.47. The molecule has 2 aromatic heterocycles. The fourth-order valence-electron chi connectivity index (χ4n) is 3.05. The molecule has 0 fully saturated rings. The van der Waals surface area contributed by atoms with E-state index in [1.165, 1.54) is 0 Å². The van der Waals surface area contributed by atoms with Gasteiger partial charge in [-0.2, -0.15) is 5.10 Å². The quantitative estimate of drug-likeness (QED) is 0.572. The van der Waals surface area contributed by atoms with Gasteiger partial charge in [-0.05, 0) is 44.2 Å². The molecule has 0 radical (unpaired) electrons. The van der Waals surface area contributed by atoms with Crippen molar-refractivity contribution in [3.63, 3.8) is 0 Å². The van der Waals surface area contributed by atoms with Crippen LogP contribution in [0.1, 0.15) is 27.4 Å². The summed E-state index contributed by atoms with van der Waals surface area (Å²) in [7, 11) is 0. The molecule has 1 aliphatic heterocycles. The smallest absolute Gasteiger partial charge is 0.289 e. The van der Waals surface area contributed by atoms with E-state index in [0.717, 1.165) is 34.1 Å². The van der Waals surface area contributed by atoms with E-state index in [1.807, 2.05) is 38.1 Å². The Balaban J connectivity index is 1.55. The predicted octanol–water partition coefficient (Wildman–Crippen LogP) is 2.98. The van der Waals surface area contributed by atoms with Gasteiger partial charge in [0, 0.05) is 34.9 Å². The molecular weight excluding hydrogens is 344 g/mol. The number of carbonyl (C=O) groups excluding carboxylic acids is 1. The number of fused-ring (bicyclic) bond motifs is 1. The number of pyridine rings is 1. The van der Waals surface area contributed by atoms with E-state index in [-0.39, 0.29) is 12.7 Å². The summed E-state index contributed by atoms with van der Waals surface area (Å²) in [6.45, 7) is 4.26. The topological polar surface area (TPSA) is 77.7 Å². The van der Waals surface area contributed by atoms with E-state index in [4.69, 9.17) is 9.47 Å². The minimum Gasteiger partial charge on any atom is -0.454 e. The van der Waals surface area contributed by atoms with Gasteiger partial charge in [-0.25, -0.2) is 5.43 Å². The predicted molar refractivity (Wildman–Crippen MR) is 101 cm³/mol. The van der Waals surface area contributed by atoms with E-state index in [0.29, 0.717) is 5.69 Å². The van der Waals surface area contributed by atoms with Crippen LogP contribution < -0.4 is 14.9 Å². The molecule has 1 amide bonds. The van der Waals surface area contributed by atoms with Crippen molar-refractivity contribution < 1.29 is 14.3 Å². The summed E-state index contributed by atoms with van der Waals surface area (Å²) >= 11 is 0. The SMILES string of the molecule is Cc1cc(/C=N\NC(=O)c2ccccn2)c(C)n1-c1ccc2c(c1)OCO2. The summed E-state index contributed by atoms with van der Waals surface area (Å²) < 4.78 is 12.9. The van der Waals surface area contributed by atoms with Gasteiger partial charge in [-0.15, -0.1) is 0 Å². The normalized spacial score (nSPS) is 12.5. The average molecular weight is 362 g/mol. The molecule has 4 rings (SSSR count). The summed E-state index contributed by atoms with van der Waals surface area (Å²) in [5, 5.41) is 4.06. The van der Waals surface area contributed by atoms with Gasteiger partial charge in [0.1, 0.15) is 5.69 Å². The molecule has 27 heavy (non-hydrogen) atoms. The molecule has 1 aromatic carbocycles. The Kier molecular flexibility index (Phi) is 4.33. The lowest BCUT2D eigenvalue weighted by molar-refractivity contribution is 0.0950. The van der Waals surface area contributed by atoms with Crippen LogP contribution in [-0.2, 0) is 0 Å².